The van der Waals surface area contributed by atoms with Crippen molar-refractivity contribution in [3.63, 3.8) is 0 Å². The summed E-state index contributed by atoms with van der Waals surface area (Å²) in [5.74, 6) is -0.824. The highest BCUT2D eigenvalue weighted by Gasteiger charge is 2.09. The van der Waals surface area contributed by atoms with Gasteiger partial charge in [-0.25, -0.2) is 9.37 Å². The van der Waals surface area contributed by atoms with Crippen molar-refractivity contribution in [3.05, 3.63) is 52.9 Å². The van der Waals surface area contributed by atoms with Crippen molar-refractivity contribution in [3.8, 4) is 0 Å². The van der Waals surface area contributed by atoms with E-state index in [2.05, 4.69) is 10.3 Å². The van der Waals surface area contributed by atoms with E-state index in [4.69, 9.17) is 17.3 Å². The zero-order chi connectivity index (χ0) is 13.1. The Labute approximate surface area is 108 Å². The van der Waals surface area contributed by atoms with E-state index in [-0.39, 0.29) is 11.3 Å². The molecule has 0 aliphatic rings. The number of benzene rings is 1. The van der Waals surface area contributed by atoms with E-state index in [1.165, 1.54) is 24.4 Å². The van der Waals surface area contributed by atoms with Crippen molar-refractivity contribution < 1.29 is 9.18 Å². The molecule has 0 saturated heterocycles. The summed E-state index contributed by atoms with van der Waals surface area (Å²) in [5, 5.41) is 2.95. The second-order valence-electron chi connectivity index (χ2n) is 3.55. The van der Waals surface area contributed by atoms with Crippen molar-refractivity contribution in [1.82, 2.24) is 4.98 Å². The molecule has 0 atom stereocenters. The number of nitrogens with one attached hydrogen (secondary N) is 1. The first-order valence-corrected chi connectivity index (χ1v) is 5.42. The zero-order valence-electron chi connectivity index (χ0n) is 9.15. The molecule has 2 aromatic rings. The Morgan fingerprint density at radius 3 is 2.78 bits per heavy atom. The largest absolute Gasteiger partial charge is 0.396 e. The van der Waals surface area contributed by atoms with Gasteiger partial charge >= 0.3 is 0 Å². The number of anilines is 2. The lowest BCUT2D eigenvalue weighted by molar-refractivity contribution is 0.102. The van der Waals surface area contributed by atoms with Crippen LogP contribution < -0.4 is 11.1 Å². The maximum absolute atomic E-state index is 13.2. The Balaban J connectivity index is 2.19. The molecule has 0 fully saturated rings. The molecule has 0 bridgehead atoms. The van der Waals surface area contributed by atoms with E-state index < -0.39 is 11.7 Å². The van der Waals surface area contributed by atoms with Crippen molar-refractivity contribution in [2.45, 2.75) is 0 Å². The fourth-order valence-corrected chi connectivity index (χ4v) is 1.49. The highest BCUT2D eigenvalue weighted by Crippen LogP contribution is 2.15. The molecule has 0 aliphatic carbocycles. The second kappa shape index (κ2) is 5.01. The van der Waals surface area contributed by atoms with Gasteiger partial charge in [0.15, 0.2) is 0 Å². The number of hydrogen-bond donors (Lipinski definition) is 2. The van der Waals surface area contributed by atoms with E-state index in [1.54, 1.807) is 6.07 Å². The average molecular weight is 266 g/mol. The predicted octanol–water partition coefficient (Wildman–Crippen LogP) is 2.71. The molecule has 18 heavy (non-hydrogen) atoms. The molecule has 0 aliphatic heterocycles. The van der Waals surface area contributed by atoms with E-state index in [0.29, 0.717) is 10.8 Å². The van der Waals surface area contributed by atoms with Gasteiger partial charge in [-0.05, 0) is 30.3 Å². The Morgan fingerprint density at radius 1 is 1.33 bits per heavy atom. The number of amides is 1. The smallest absolute Gasteiger partial charge is 0.256 e. The van der Waals surface area contributed by atoms with Gasteiger partial charge in [0.1, 0.15) is 11.6 Å². The highest BCUT2D eigenvalue weighted by molar-refractivity contribution is 6.30. The summed E-state index contributed by atoms with van der Waals surface area (Å²) >= 11 is 5.75. The second-order valence-corrected chi connectivity index (χ2v) is 3.99. The Morgan fingerprint density at radius 2 is 2.11 bits per heavy atom. The van der Waals surface area contributed by atoms with Crippen LogP contribution in [0.25, 0.3) is 0 Å². The zero-order valence-corrected chi connectivity index (χ0v) is 9.91. The third-order valence-electron chi connectivity index (χ3n) is 2.23. The quantitative estimate of drug-likeness (QED) is 0.821. The summed E-state index contributed by atoms with van der Waals surface area (Å²) in [5.41, 5.74) is 5.47. The highest BCUT2D eigenvalue weighted by atomic mass is 35.5. The first-order valence-electron chi connectivity index (χ1n) is 5.04. The lowest BCUT2D eigenvalue weighted by atomic mass is 10.2. The lowest BCUT2D eigenvalue weighted by Gasteiger charge is -2.05. The first-order chi connectivity index (χ1) is 8.56. The molecule has 6 heteroatoms. The summed E-state index contributed by atoms with van der Waals surface area (Å²) in [6.45, 7) is 0. The Kier molecular flexibility index (Phi) is 3.43. The van der Waals surface area contributed by atoms with Gasteiger partial charge in [-0.3, -0.25) is 4.79 Å². The van der Waals surface area contributed by atoms with Gasteiger partial charge in [-0.2, -0.15) is 0 Å². The fraction of sp³-hybridized carbons (Fsp3) is 0. The minimum absolute atomic E-state index is 0.00701. The molecule has 92 valence electrons. The van der Waals surface area contributed by atoms with Gasteiger partial charge in [0.25, 0.3) is 5.91 Å². The number of nitrogen functional groups attached to an aromatic ring is 1. The summed E-state index contributed by atoms with van der Waals surface area (Å²) in [6, 6.07) is 6.90. The molecule has 4 nitrogen and oxygen atoms in total. The molecule has 1 amide bonds. The third kappa shape index (κ3) is 2.75. The van der Waals surface area contributed by atoms with Crippen molar-refractivity contribution in [2.24, 2.45) is 0 Å². The number of pyridine rings is 1. The first kappa shape index (κ1) is 12.3. The monoisotopic (exact) mass is 265 g/mol. The van der Waals surface area contributed by atoms with Crippen LogP contribution in [0.15, 0.2) is 36.5 Å². The van der Waals surface area contributed by atoms with Gasteiger partial charge < -0.3 is 11.1 Å². The number of nitrogens with zero attached hydrogens (tertiary/aromatic N) is 1. The molecular formula is C12H9ClFN3O. The van der Waals surface area contributed by atoms with Gasteiger partial charge in [0.05, 0.1) is 5.69 Å². The Hall–Kier alpha value is -2.14. The van der Waals surface area contributed by atoms with Crippen molar-refractivity contribution in [1.29, 1.82) is 0 Å². The van der Waals surface area contributed by atoms with Gasteiger partial charge in [-0.1, -0.05) is 11.6 Å². The minimum Gasteiger partial charge on any atom is -0.396 e. The summed E-state index contributed by atoms with van der Waals surface area (Å²) in [4.78, 5) is 15.7. The number of carbonyl (C=O) groups is 1. The topological polar surface area (TPSA) is 68.0 Å². The molecule has 2 rings (SSSR count). The summed E-state index contributed by atoms with van der Waals surface area (Å²) in [7, 11) is 0. The summed E-state index contributed by atoms with van der Waals surface area (Å²) < 4.78 is 13.2. The van der Waals surface area contributed by atoms with Crippen LogP contribution in [-0.4, -0.2) is 10.9 Å². The standard InChI is InChI=1S/C12H9ClFN3O/c13-8-3-4-16-11(6-8)17-12(18)7-1-2-10(15)9(14)5-7/h1-6H,15H2,(H,16,17,18). The van der Waals surface area contributed by atoms with Gasteiger partial charge in [-0.15, -0.1) is 0 Å². The van der Waals surface area contributed by atoms with E-state index in [0.717, 1.165) is 6.07 Å². The van der Waals surface area contributed by atoms with E-state index in [1.807, 2.05) is 0 Å². The number of halogens is 2. The van der Waals surface area contributed by atoms with E-state index in [9.17, 15) is 9.18 Å². The third-order valence-corrected chi connectivity index (χ3v) is 2.46. The molecule has 0 spiro atoms. The van der Waals surface area contributed by atoms with Crippen LogP contribution in [0.4, 0.5) is 15.9 Å². The molecule has 1 heterocycles. The SMILES string of the molecule is Nc1ccc(C(=O)Nc2cc(Cl)ccn2)cc1F. The van der Waals surface area contributed by atoms with Crippen LogP contribution in [0.5, 0.6) is 0 Å². The Bertz CT molecular complexity index is 604. The average Bonchev–Trinajstić information content (AvgIpc) is 2.32. The van der Waals surface area contributed by atoms with E-state index >= 15 is 0 Å². The van der Waals surface area contributed by atoms with Crippen LogP contribution in [0, 0.1) is 5.82 Å². The molecule has 0 unspecified atom stereocenters. The van der Waals surface area contributed by atoms with Gasteiger partial charge in [0, 0.05) is 16.8 Å². The fourth-order valence-electron chi connectivity index (χ4n) is 1.33. The lowest BCUT2D eigenvalue weighted by Crippen LogP contribution is -2.13. The number of carbonyl (C=O) groups excluding carboxylic acids is 1. The van der Waals surface area contributed by atoms with Crippen molar-refractivity contribution in [2.75, 3.05) is 11.1 Å². The van der Waals surface area contributed by atoms with Crippen molar-refractivity contribution >= 4 is 29.0 Å². The maximum atomic E-state index is 13.2. The molecule has 3 N–H and O–H groups in total. The maximum Gasteiger partial charge on any atom is 0.256 e. The summed E-state index contributed by atoms with van der Waals surface area (Å²) in [6.07, 6.45) is 1.46. The molecule has 1 aromatic carbocycles. The number of aromatic nitrogens is 1. The number of hydrogen-bond acceptors (Lipinski definition) is 3. The molecular weight excluding hydrogens is 257 g/mol. The molecule has 0 saturated carbocycles. The van der Waals surface area contributed by atoms with Crippen LogP contribution in [0.3, 0.4) is 0 Å². The number of rotatable bonds is 2. The molecule has 1 aromatic heterocycles. The normalized spacial score (nSPS) is 10.1. The predicted molar refractivity (Wildman–Crippen MR) is 68.0 cm³/mol. The van der Waals surface area contributed by atoms with Gasteiger partial charge in [0.2, 0.25) is 0 Å². The number of nitrogens with two attached hydrogens (primary N) is 1. The van der Waals surface area contributed by atoms with Crippen LogP contribution in [0.1, 0.15) is 10.4 Å². The van der Waals surface area contributed by atoms with Crippen LogP contribution in [-0.2, 0) is 0 Å². The van der Waals surface area contributed by atoms with Crippen LogP contribution in [0.2, 0.25) is 5.02 Å². The molecule has 0 radical (unpaired) electrons. The minimum atomic E-state index is -0.637. The van der Waals surface area contributed by atoms with Crippen LogP contribution >= 0.6 is 11.6 Å².